The minimum absolute atomic E-state index is 0.0565. The number of carbonyl (C=O) groups is 2. The molecule has 0 atom stereocenters. The van der Waals surface area contributed by atoms with Gasteiger partial charge in [0.25, 0.3) is 11.6 Å². The second-order valence-electron chi connectivity index (χ2n) is 4.93. The Kier molecular flexibility index (Phi) is 4.70. The van der Waals surface area contributed by atoms with Crippen LogP contribution in [0.25, 0.3) is 0 Å². The molecule has 0 heterocycles. The van der Waals surface area contributed by atoms with E-state index in [-0.39, 0.29) is 11.3 Å². The Balaban J connectivity index is 2.40. The van der Waals surface area contributed by atoms with Crippen molar-refractivity contribution in [2.75, 3.05) is 11.4 Å². The SMILES string of the molecule is Cc1ccc(N(CC(=O)O)C(=O)c2cccc([N+](=O)[O-])c2)cc1. The summed E-state index contributed by atoms with van der Waals surface area (Å²) in [4.78, 5) is 34.9. The lowest BCUT2D eigenvalue weighted by atomic mass is 10.1. The first-order valence-electron chi connectivity index (χ1n) is 6.73. The highest BCUT2D eigenvalue weighted by Gasteiger charge is 2.22. The van der Waals surface area contributed by atoms with Gasteiger partial charge in [0.1, 0.15) is 6.54 Å². The molecule has 7 heteroatoms. The van der Waals surface area contributed by atoms with Crippen molar-refractivity contribution in [3.8, 4) is 0 Å². The van der Waals surface area contributed by atoms with Crippen LogP contribution in [0.3, 0.4) is 0 Å². The smallest absolute Gasteiger partial charge is 0.323 e. The number of aliphatic carboxylic acids is 1. The summed E-state index contributed by atoms with van der Waals surface area (Å²) in [7, 11) is 0. The number of non-ortho nitro benzene ring substituents is 1. The second-order valence-corrected chi connectivity index (χ2v) is 4.93. The summed E-state index contributed by atoms with van der Waals surface area (Å²) >= 11 is 0. The van der Waals surface area contributed by atoms with Crippen LogP contribution >= 0.6 is 0 Å². The van der Waals surface area contributed by atoms with Crippen LogP contribution in [0.15, 0.2) is 48.5 Å². The molecule has 0 aliphatic carbocycles. The van der Waals surface area contributed by atoms with Gasteiger partial charge in [-0.1, -0.05) is 23.8 Å². The number of nitro benzene ring substituents is 1. The third-order valence-corrected chi connectivity index (χ3v) is 3.19. The van der Waals surface area contributed by atoms with Crippen molar-refractivity contribution in [1.29, 1.82) is 0 Å². The van der Waals surface area contributed by atoms with E-state index in [2.05, 4.69) is 0 Å². The Morgan fingerprint density at radius 2 is 1.83 bits per heavy atom. The standard InChI is InChI=1S/C16H14N2O5/c1-11-5-7-13(8-6-11)17(10-15(19)20)16(21)12-3-2-4-14(9-12)18(22)23/h2-9H,10H2,1H3,(H,19,20). The van der Waals surface area contributed by atoms with E-state index in [0.717, 1.165) is 16.5 Å². The van der Waals surface area contributed by atoms with Gasteiger partial charge in [-0.3, -0.25) is 24.6 Å². The van der Waals surface area contributed by atoms with Gasteiger partial charge in [-0.15, -0.1) is 0 Å². The molecule has 118 valence electrons. The lowest BCUT2D eigenvalue weighted by molar-refractivity contribution is -0.384. The molecule has 0 aliphatic rings. The molecule has 7 nitrogen and oxygen atoms in total. The van der Waals surface area contributed by atoms with E-state index in [9.17, 15) is 19.7 Å². The van der Waals surface area contributed by atoms with Crippen molar-refractivity contribution < 1.29 is 19.6 Å². The Morgan fingerprint density at radius 1 is 1.17 bits per heavy atom. The van der Waals surface area contributed by atoms with Crippen LogP contribution in [0, 0.1) is 17.0 Å². The van der Waals surface area contributed by atoms with Gasteiger partial charge in [0, 0.05) is 23.4 Å². The maximum atomic E-state index is 12.6. The fourth-order valence-electron chi connectivity index (χ4n) is 2.05. The lowest BCUT2D eigenvalue weighted by Gasteiger charge is -2.21. The summed E-state index contributed by atoms with van der Waals surface area (Å²) < 4.78 is 0. The molecule has 0 aromatic heterocycles. The third-order valence-electron chi connectivity index (χ3n) is 3.19. The molecule has 0 aliphatic heterocycles. The van der Waals surface area contributed by atoms with Gasteiger partial charge in [0.15, 0.2) is 0 Å². The Labute approximate surface area is 131 Å². The first-order chi connectivity index (χ1) is 10.9. The third kappa shape index (κ3) is 3.91. The summed E-state index contributed by atoms with van der Waals surface area (Å²) in [6.07, 6.45) is 0. The molecule has 2 rings (SSSR count). The van der Waals surface area contributed by atoms with Crippen LogP contribution in [-0.2, 0) is 4.79 Å². The van der Waals surface area contributed by atoms with Crippen LogP contribution < -0.4 is 4.90 Å². The number of benzene rings is 2. The largest absolute Gasteiger partial charge is 0.480 e. The molecule has 2 aromatic rings. The number of carbonyl (C=O) groups excluding carboxylic acids is 1. The molecule has 0 spiro atoms. The highest BCUT2D eigenvalue weighted by Crippen LogP contribution is 2.20. The molecule has 0 unspecified atom stereocenters. The molecule has 23 heavy (non-hydrogen) atoms. The predicted molar refractivity (Wildman–Crippen MR) is 83.6 cm³/mol. The van der Waals surface area contributed by atoms with Crippen molar-refractivity contribution in [2.24, 2.45) is 0 Å². The summed E-state index contributed by atoms with van der Waals surface area (Å²) in [6, 6.07) is 12.0. The number of rotatable bonds is 5. The molecular formula is C16H14N2O5. The van der Waals surface area contributed by atoms with Crippen molar-refractivity contribution in [3.05, 3.63) is 69.8 Å². The Bertz CT molecular complexity index is 755. The normalized spacial score (nSPS) is 10.1. The number of hydrogen-bond donors (Lipinski definition) is 1. The molecule has 1 N–H and O–H groups in total. The molecule has 0 bridgehead atoms. The van der Waals surface area contributed by atoms with Crippen LogP contribution in [0.4, 0.5) is 11.4 Å². The zero-order chi connectivity index (χ0) is 17.0. The Morgan fingerprint density at radius 3 is 2.39 bits per heavy atom. The van der Waals surface area contributed by atoms with E-state index in [1.165, 1.54) is 18.2 Å². The van der Waals surface area contributed by atoms with Gasteiger partial charge in [0.05, 0.1) is 4.92 Å². The highest BCUT2D eigenvalue weighted by atomic mass is 16.6. The maximum Gasteiger partial charge on any atom is 0.323 e. The Hall–Kier alpha value is -3.22. The van der Waals surface area contributed by atoms with Gasteiger partial charge in [-0.2, -0.15) is 0 Å². The predicted octanol–water partition coefficient (Wildman–Crippen LogP) is 2.63. The average molecular weight is 314 g/mol. The van der Waals surface area contributed by atoms with E-state index in [0.29, 0.717) is 5.69 Å². The molecule has 2 aromatic carbocycles. The van der Waals surface area contributed by atoms with E-state index in [4.69, 9.17) is 5.11 Å². The molecule has 1 amide bonds. The summed E-state index contributed by atoms with van der Waals surface area (Å²) in [5.41, 5.74) is 1.21. The lowest BCUT2D eigenvalue weighted by Crippen LogP contribution is -2.35. The average Bonchev–Trinajstić information content (AvgIpc) is 2.53. The summed E-state index contributed by atoms with van der Waals surface area (Å²) in [5, 5.41) is 19.9. The highest BCUT2D eigenvalue weighted by molar-refractivity contribution is 6.08. The molecule has 0 fully saturated rings. The van der Waals surface area contributed by atoms with Gasteiger partial charge in [0.2, 0.25) is 0 Å². The minimum atomic E-state index is -1.18. The fourth-order valence-corrected chi connectivity index (χ4v) is 2.05. The first-order valence-corrected chi connectivity index (χ1v) is 6.73. The number of carboxylic acids is 1. The summed E-state index contributed by atoms with van der Waals surface area (Å²) in [5.74, 6) is -1.79. The van der Waals surface area contributed by atoms with Crippen LogP contribution in [0.1, 0.15) is 15.9 Å². The number of nitro groups is 1. The minimum Gasteiger partial charge on any atom is -0.480 e. The maximum absolute atomic E-state index is 12.6. The molecule has 0 radical (unpaired) electrons. The number of amides is 1. The van der Waals surface area contributed by atoms with E-state index >= 15 is 0 Å². The van der Waals surface area contributed by atoms with Gasteiger partial charge >= 0.3 is 5.97 Å². The second kappa shape index (κ2) is 6.69. The van der Waals surface area contributed by atoms with Crippen LogP contribution in [0.5, 0.6) is 0 Å². The van der Waals surface area contributed by atoms with E-state index in [1.807, 2.05) is 6.92 Å². The monoisotopic (exact) mass is 314 g/mol. The van der Waals surface area contributed by atoms with Gasteiger partial charge in [-0.25, -0.2) is 0 Å². The number of carboxylic acid groups (broad SMARTS) is 1. The summed E-state index contributed by atoms with van der Waals surface area (Å²) in [6.45, 7) is 1.33. The van der Waals surface area contributed by atoms with Crippen LogP contribution in [0.2, 0.25) is 0 Å². The fraction of sp³-hybridized carbons (Fsp3) is 0.125. The number of hydrogen-bond acceptors (Lipinski definition) is 4. The van der Waals surface area contributed by atoms with E-state index in [1.54, 1.807) is 24.3 Å². The quantitative estimate of drug-likeness (QED) is 0.675. The van der Waals surface area contributed by atoms with Crippen molar-refractivity contribution in [2.45, 2.75) is 6.92 Å². The van der Waals surface area contributed by atoms with Gasteiger partial charge in [-0.05, 0) is 25.1 Å². The zero-order valence-corrected chi connectivity index (χ0v) is 12.3. The van der Waals surface area contributed by atoms with Gasteiger partial charge < -0.3 is 5.11 Å². The van der Waals surface area contributed by atoms with E-state index < -0.39 is 23.3 Å². The number of nitrogens with zero attached hydrogens (tertiary/aromatic N) is 2. The zero-order valence-electron chi connectivity index (χ0n) is 12.3. The topological polar surface area (TPSA) is 101 Å². The molecule has 0 saturated carbocycles. The van der Waals surface area contributed by atoms with Crippen molar-refractivity contribution in [3.63, 3.8) is 0 Å². The van der Waals surface area contributed by atoms with Crippen molar-refractivity contribution in [1.82, 2.24) is 0 Å². The molecular weight excluding hydrogens is 300 g/mol. The molecule has 0 saturated heterocycles. The first kappa shape index (κ1) is 16.2. The number of aryl methyl sites for hydroxylation is 1. The van der Waals surface area contributed by atoms with Crippen molar-refractivity contribution >= 4 is 23.3 Å². The van der Waals surface area contributed by atoms with Crippen LogP contribution in [-0.4, -0.2) is 28.5 Å². The number of anilines is 1.